The van der Waals surface area contributed by atoms with E-state index in [4.69, 9.17) is 5.11 Å². The zero-order valence-corrected chi connectivity index (χ0v) is 10.7. The molecule has 0 aliphatic carbocycles. The summed E-state index contributed by atoms with van der Waals surface area (Å²) in [4.78, 5) is 26.5. The molecule has 1 aromatic heterocycles. The highest BCUT2D eigenvalue weighted by Gasteiger charge is 2.13. The topological polar surface area (TPSA) is 99.5 Å². The predicted octanol–water partition coefficient (Wildman–Crippen LogP) is 2.11. The minimum absolute atomic E-state index is 0.220. The second kappa shape index (κ2) is 5.07. The molecule has 0 aliphatic rings. The zero-order valence-electron chi connectivity index (χ0n) is 9.88. The number of thiazole rings is 1. The van der Waals surface area contributed by atoms with Gasteiger partial charge < -0.3 is 15.5 Å². The van der Waals surface area contributed by atoms with Gasteiger partial charge in [0.15, 0.2) is 0 Å². The first-order valence-corrected chi connectivity index (χ1v) is 6.15. The van der Waals surface area contributed by atoms with E-state index in [1.165, 1.54) is 29.5 Å². The summed E-state index contributed by atoms with van der Waals surface area (Å²) < 4.78 is 0. The number of aromatic carboxylic acids is 1. The van der Waals surface area contributed by atoms with Crippen molar-refractivity contribution >= 4 is 28.9 Å². The maximum atomic E-state index is 11.8. The molecule has 0 aliphatic heterocycles. The minimum atomic E-state index is -1.23. The molecule has 98 valence electrons. The number of carbonyl (C=O) groups excluding carboxylic acids is 1. The first kappa shape index (κ1) is 13.0. The molecule has 3 N–H and O–H groups in total. The Labute approximate surface area is 112 Å². The number of carboxylic acid groups (broad SMARTS) is 1. The number of aryl methyl sites for hydroxylation is 1. The third kappa shape index (κ3) is 2.89. The molecule has 0 spiro atoms. The Bertz CT molecular complexity index is 651. The van der Waals surface area contributed by atoms with Crippen LogP contribution in [-0.2, 0) is 0 Å². The van der Waals surface area contributed by atoms with Crippen LogP contribution < -0.4 is 5.32 Å². The number of nitrogens with zero attached hydrogens (tertiary/aromatic N) is 1. The quantitative estimate of drug-likeness (QED) is 0.798. The Morgan fingerprint density at radius 1 is 1.37 bits per heavy atom. The number of carboxylic acids is 1. The number of carbonyl (C=O) groups is 2. The van der Waals surface area contributed by atoms with Gasteiger partial charge in [-0.25, -0.2) is 9.78 Å². The van der Waals surface area contributed by atoms with Crippen LogP contribution in [0.3, 0.4) is 0 Å². The van der Waals surface area contributed by atoms with E-state index in [0.29, 0.717) is 5.69 Å². The van der Waals surface area contributed by atoms with Gasteiger partial charge in [-0.05, 0) is 19.1 Å². The molecule has 0 saturated carbocycles. The molecule has 7 heteroatoms. The highest BCUT2D eigenvalue weighted by atomic mass is 32.1. The van der Waals surface area contributed by atoms with E-state index in [0.717, 1.165) is 5.01 Å². The molecule has 1 heterocycles. The average molecular weight is 278 g/mol. The van der Waals surface area contributed by atoms with Crippen molar-refractivity contribution in [1.82, 2.24) is 4.98 Å². The predicted molar refractivity (Wildman–Crippen MR) is 69.9 cm³/mol. The highest BCUT2D eigenvalue weighted by Crippen LogP contribution is 2.22. The van der Waals surface area contributed by atoms with Gasteiger partial charge in [-0.3, -0.25) is 4.79 Å². The van der Waals surface area contributed by atoms with Crippen molar-refractivity contribution in [3.8, 4) is 5.75 Å². The van der Waals surface area contributed by atoms with Crippen LogP contribution in [0.25, 0.3) is 0 Å². The van der Waals surface area contributed by atoms with E-state index in [1.807, 2.05) is 0 Å². The Morgan fingerprint density at radius 3 is 2.63 bits per heavy atom. The summed E-state index contributed by atoms with van der Waals surface area (Å²) in [5.41, 5.74) is 0.366. The van der Waals surface area contributed by atoms with Gasteiger partial charge in [0.1, 0.15) is 17.0 Å². The standard InChI is InChI=1S/C12H10N2O4S/c1-6-13-9(5-19-6)11(16)14-7-2-3-8(12(17)18)10(15)4-7/h2-5,15H,1H3,(H,14,16)(H,17,18). The average Bonchev–Trinajstić information content (AvgIpc) is 2.75. The molecule has 0 radical (unpaired) electrons. The van der Waals surface area contributed by atoms with Crippen LogP contribution in [0.5, 0.6) is 5.75 Å². The van der Waals surface area contributed by atoms with E-state index in [2.05, 4.69) is 10.3 Å². The van der Waals surface area contributed by atoms with Crippen molar-refractivity contribution < 1.29 is 19.8 Å². The molecule has 0 bridgehead atoms. The number of rotatable bonds is 3. The maximum Gasteiger partial charge on any atom is 0.339 e. The SMILES string of the molecule is Cc1nc(C(=O)Nc2ccc(C(=O)O)c(O)c2)cs1. The van der Waals surface area contributed by atoms with Crippen molar-refractivity contribution in [2.45, 2.75) is 6.92 Å². The summed E-state index contributed by atoms with van der Waals surface area (Å²) in [6.07, 6.45) is 0. The highest BCUT2D eigenvalue weighted by molar-refractivity contribution is 7.09. The van der Waals surface area contributed by atoms with Crippen LogP contribution in [-0.4, -0.2) is 27.1 Å². The fourth-order valence-electron chi connectivity index (χ4n) is 1.45. The number of amides is 1. The fraction of sp³-hybridized carbons (Fsp3) is 0.0833. The van der Waals surface area contributed by atoms with E-state index < -0.39 is 17.6 Å². The Hall–Kier alpha value is -2.41. The molecule has 2 rings (SSSR count). The molecular weight excluding hydrogens is 268 g/mol. The second-order valence-electron chi connectivity index (χ2n) is 3.74. The van der Waals surface area contributed by atoms with Crippen molar-refractivity contribution in [1.29, 1.82) is 0 Å². The van der Waals surface area contributed by atoms with Crippen LogP contribution >= 0.6 is 11.3 Å². The zero-order chi connectivity index (χ0) is 14.0. The van der Waals surface area contributed by atoms with Crippen molar-refractivity contribution in [3.63, 3.8) is 0 Å². The third-order valence-corrected chi connectivity index (χ3v) is 3.11. The number of nitrogens with one attached hydrogen (secondary N) is 1. The minimum Gasteiger partial charge on any atom is -0.507 e. The second-order valence-corrected chi connectivity index (χ2v) is 4.81. The molecule has 0 fully saturated rings. The van der Waals surface area contributed by atoms with Gasteiger partial charge in [0, 0.05) is 17.1 Å². The largest absolute Gasteiger partial charge is 0.507 e. The van der Waals surface area contributed by atoms with E-state index >= 15 is 0 Å². The molecule has 0 unspecified atom stereocenters. The van der Waals surface area contributed by atoms with Gasteiger partial charge in [0.25, 0.3) is 5.91 Å². The van der Waals surface area contributed by atoms with E-state index in [-0.39, 0.29) is 11.3 Å². The lowest BCUT2D eigenvalue weighted by Gasteiger charge is -2.05. The number of anilines is 1. The first-order chi connectivity index (χ1) is 8.97. The number of hydrogen-bond acceptors (Lipinski definition) is 5. The Balaban J connectivity index is 2.18. The van der Waals surface area contributed by atoms with E-state index in [9.17, 15) is 14.7 Å². The summed E-state index contributed by atoms with van der Waals surface area (Å²) >= 11 is 1.35. The Kier molecular flexibility index (Phi) is 3.48. The van der Waals surface area contributed by atoms with Gasteiger partial charge in [0.05, 0.1) is 5.01 Å². The summed E-state index contributed by atoms with van der Waals surface area (Å²) in [5, 5.41) is 23.2. The number of hydrogen-bond donors (Lipinski definition) is 3. The molecule has 0 saturated heterocycles. The van der Waals surface area contributed by atoms with Gasteiger partial charge in [0.2, 0.25) is 0 Å². The third-order valence-electron chi connectivity index (χ3n) is 2.34. The summed E-state index contributed by atoms with van der Waals surface area (Å²) in [7, 11) is 0. The number of phenols is 1. The smallest absolute Gasteiger partial charge is 0.339 e. The molecule has 6 nitrogen and oxygen atoms in total. The summed E-state index contributed by atoms with van der Waals surface area (Å²) in [5.74, 6) is -2.04. The normalized spacial score (nSPS) is 10.2. The lowest BCUT2D eigenvalue weighted by atomic mass is 10.2. The first-order valence-electron chi connectivity index (χ1n) is 5.27. The maximum absolute atomic E-state index is 11.8. The molecule has 19 heavy (non-hydrogen) atoms. The van der Waals surface area contributed by atoms with Gasteiger partial charge in [-0.2, -0.15) is 0 Å². The van der Waals surface area contributed by atoms with E-state index in [1.54, 1.807) is 12.3 Å². The van der Waals surface area contributed by atoms with Crippen molar-refractivity contribution in [2.75, 3.05) is 5.32 Å². The van der Waals surface area contributed by atoms with Crippen LogP contribution in [0, 0.1) is 6.92 Å². The molecule has 1 amide bonds. The summed E-state index contributed by atoms with van der Waals surface area (Å²) in [6.45, 7) is 1.79. The van der Waals surface area contributed by atoms with Gasteiger partial charge in [-0.1, -0.05) is 0 Å². The molecule has 1 aromatic carbocycles. The molecule has 2 aromatic rings. The van der Waals surface area contributed by atoms with Crippen molar-refractivity contribution in [2.24, 2.45) is 0 Å². The fourth-order valence-corrected chi connectivity index (χ4v) is 2.05. The van der Waals surface area contributed by atoms with Crippen LogP contribution in [0.1, 0.15) is 25.9 Å². The van der Waals surface area contributed by atoms with Gasteiger partial charge >= 0.3 is 5.97 Å². The van der Waals surface area contributed by atoms with Crippen molar-refractivity contribution in [3.05, 3.63) is 39.8 Å². The lowest BCUT2D eigenvalue weighted by Crippen LogP contribution is -2.12. The van der Waals surface area contributed by atoms with Crippen LogP contribution in [0.2, 0.25) is 0 Å². The number of aromatic hydroxyl groups is 1. The molecular formula is C12H10N2O4S. The number of aromatic nitrogens is 1. The molecule has 0 atom stereocenters. The number of benzene rings is 1. The summed E-state index contributed by atoms with van der Waals surface area (Å²) in [6, 6.07) is 3.81. The Morgan fingerprint density at radius 2 is 2.11 bits per heavy atom. The lowest BCUT2D eigenvalue weighted by molar-refractivity contribution is 0.0693. The monoisotopic (exact) mass is 278 g/mol. The van der Waals surface area contributed by atoms with Crippen LogP contribution in [0.4, 0.5) is 5.69 Å². The van der Waals surface area contributed by atoms with Crippen LogP contribution in [0.15, 0.2) is 23.6 Å². The van der Waals surface area contributed by atoms with Gasteiger partial charge in [-0.15, -0.1) is 11.3 Å².